The first-order chi connectivity index (χ1) is 8.33. The Morgan fingerprint density at radius 1 is 1.35 bits per heavy atom. The molecule has 2 heterocycles. The van der Waals surface area contributed by atoms with Crippen LogP contribution < -0.4 is 4.57 Å². The summed E-state index contributed by atoms with van der Waals surface area (Å²) in [4.78, 5) is 0. The summed E-state index contributed by atoms with van der Waals surface area (Å²) in [6.45, 7) is 4.66. The van der Waals surface area contributed by atoms with Gasteiger partial charge >= 0.3 is 0 Å². The minimum Gasteiger partial charge on any atom is -0.196 e. The summed E-state index contributed by atoms with van der Waals surface area (Å²) < 4.78 is 2.46. The molecule has 1 heteroatoms. The molecule has 2 atom stereocenters. The fourth-order valence-electron chi connectivity index (χ4n) is 3.39. The van der Waals surface area contributed by atoms with Crippen LogP contribution in [0.2, 0.25) is 0 Å². The molecule has 88 valence electrons. The molecule has 1 aromatic rings. The smallest absolute Gasteiger partial charge is 0.196 e. The van der Waals surface area contributed by atoms with Gasteiger partial charge in [-0.3, -0.25) is 0 Å². The topological polar surface area (TPSA) is 3.88 Å². The molecule has 0 saturated heterocycles. The Hall–Kier alpha value is -1.37. The van der Waals surface area contributed by atoms with E-state index in [4.69, 9.17) is 0 Å². The van der Waals surface area contributed by atoms with Crippen molar-refractivity contribution in [3.63, 3.8) is 0 Å². The molecule has 2 aliphatic rings. The highest BCUT2D eigenvalue weighted by Gasteiger charge is 2.36. The Labute approximate surface area is 103 Å². The van der Waals surface area contributed by atoms with E-state index in [-0.39, 0.29) is 0 Å². The maximum absolute atomic E-state index is 2.46. The van der Waals surface area contributed by atoms with E-state index >= 15 is 0 Å². The molecular weight excluding hydrogens is 206 g/mol. The highest BCUT2D eigenvalue weighted by atomic mass is 15.0. The van der Waals surface area contributed by atoms with Crippen LogP contribution >= 0.6 is 0 Å². The molecule has 0 aromatic carbocycles. The van der Waals surface area contributed by atoms with Crippen LogP contribution in [0.25, 0.3) is 5.57 Å². The van der Waals surface area contributed by atoms with Gasteiger partial charge in [-0.2, -0.15) is 4.57 Å². The summed E-state index contributed by atoms with van der Waals surface area (Å²) in [6, 6.07) is 7.17. The van der Waals surface area contributed by atoms with Crippen LogP contribution in [-0.2, 0) is 0 Å². The number of rotatable bonds is 1. The Balaban J connectivity index is 2.22. The zero-order chi connectivity index (χ0) is 11.8. The summed E-state index contributed by atoms with van der Waals surface area (Å²) in [7, 11) is 0. The van der Waals surface area contributed by atoms with Crippen molar-refractivity contribution >= 4 is 5.57 Å². The van der Waals surface area contributed by atoms with Crippen molar-refractivity contribution in [2.45, 2.75) is 39.2 Å². The lowest BCUT2D eigenvalue weighted by atomic mass is 9.78. The zero-order valence-corrected chi connectivity index (χ0v) is 10.7. The fraction of sp³-hybridized carbons (Fsp3) is 0.438. The Bertz CT molecular complexity index is 496. The van der Waals surface area contributed by atoms with Gasteiger partial charge in [0, 0.05) is 23.6 Å². The first kappa shape index (κ1) is 10.8. The second-order valence-corrected chi connectivity index (χ2v) is 5.12. The van der Waals surface area contributed by atoms with Gasteiger partial charge in [0.1, 0.15) is 0 Å². The molecule has 0 fully saturated rings. The highest BCUT2D eigenvalue weighted by Crippen LogP contribution is 2.39. The average molecular weight is 226 g/mol. The Kier molecular flexibility index (Phi) is 2.62. The molecule has 17 heavy (non-hydrogen) atoms. The Morgan fingerprint density at radius 3 is 3.06 bits per heavy atom. The normalized spacial score (nSPS) is 26.7. The van der Waals surface area contributed by atoms with Crippen molar-refractivity contribution < 1.29 is 4.57 Å². The summed E-state index contributed by atoms with van der Waals surface area (Å²) in [5, 5.41) is 0. The number of pyridine rings is 1. The van der Waals surface area contributed by atoms with Gasteiger partial charge in [0.05, 0.1) is 0 Å². The lowest BCUT2D eigenvalue weighted by Crippen LogP contribution is -2.48. The van der Waals surface area contributed by atoms with Crippen LogP contribution in [0.3, 0.4) is 0 Å². The SMILES string of the molecule is CCC1C2=C(CCC=C2)c2cccc[n+]2[C@@H]1C. The van der Waals surface area contributed by atoms with Crippen molar-refractivity contribution in [3.05, 3.63) is 47.8 Å². The third-order valence-corrected chi connectivity index (χ3v) is 4.27. The first-order valence-corrected chi connectivity index (χ1v) is 6.73. The molecule has 1 unspecified atom stereocenters. The number of hydrogen-bond donors (Lipinski definition) is 0. The van der Waals surface area contributed by atoms with Crippen LogP contribution in [0.1, 0.15) is 44.8 Å². The van der Waals surface area contributed by atoms with Crippen molar-refractivity contribution in [2.24, 2.45) is 5.92 Å². The van der Waals surface area contributed by atoms with Gasteiger partial charge in [-0.15, -0.1) is 0 Å². The standard InChI is InChI=1S/C16H20N/c1-3-13-12(2)17-11-7-6-10-16(17)15-9-5-4-8-14(13)15/h4,6-8,10-13H,3,5,9H2,1-2H3/q+1/t12-,13?/m1/s1. The molecule has 0 bridgehead atoms. The maximum atomic E-state index is 2.46. The average Bonchev–Trinajstić information content (AvgIpc) is 2.40. The zero-order valence-electron chi connectivity index (χ0n) is 10.7. The molecule has 0 radical (unpaired) electrons. The van der Waals surface area contributed by atoms with E-state index in [0.29, 0.717) is 12.0 Å². The van der Waals surface area contributed by atoms with E-state index in [2.05, 4.69) is 55.0 Å². The predicted molar refractivity (Wildman–Crippen MR) is 70.4 cm³/mol. The third-order valence-electron chi connectivity index (χ3n) is 4.27. The van der Waals surface area contributed by atoms with Crippen LogP contribution in [0.15, 0.2) is 42.1 Å². The largest absolute Gasteiger partial charge is 0.208 e. The van der Waals surface area contributed by atoms with E-state index in [1.807, 2.05) is 0 Å². The highest BCUT2D eigenvalue weighted by molar-refractivity contribution is 5.69. The van der Waals surface area contributed by atoms with Gasteiger partial charge < -0.3 is 0 Å². The van der Waals surface area contributed by atoms with Gasteiger partial charge in [-0.05, 0) is 37.8 Å². The van der Waals surface area contributed by atoms with E-state index in [9.17, 15) is 0 Å². The van der Waals surface area contributed by atoms with E-state index in [1.165, 1.54) is 25.0 Å². The predicted octanol–water partition coefficient (Wildman–Crippen LogP) is 3.68. The summed E-state index contributed by atoms with van der Waals surface area (Å²) >= 11 is 0. The lowest BCUT2D eigenvalue weighted by Gasteiger charge is -2.30. The summed E-state index contributed by atoms with van der Waals surface area (Å²) in [6.07, 6.45) is 10.6. The minimum absolute atomic E-state index is 0.581. The van der Waals surface area contributed by atoms with Crippen LogP contribution in [0.4, 0.5) is 0 Å². The number of hydrogen-bond acceptors (Lipinski definition) is 0. The van der Waals surface area contributed by atoms with Gasteiger partial charge in [0.25, 0.3) is 0 Å². The number of nitrogens with zero attached hydrogens (tertiary/aromatic N) is 1. The molecule has 1 aliphatic heterocycles. The van der Waals surface area contributed by atoms with Crippen LogP contribution in [0.5, 0.6) is 0 Å². The molecule has 0 saturated carbocycles. The lowest BCUT2D eigenvalue weighted by molar-refractivity contribution is -0.729. The molecular formula is C16H20N+. The third kappa shape index (κ3) is 1.56. The molecule has 0 amide bonds. The van der Waals surface area contributed by atoms with Crippen molar-refractivity contribution in [3.8, 4) is 0 Å². The molecule has 3 rings (SSSR count). The molecule has 1 aromatic heterocycles. The Morgan fingerprint density at radius 2 is 2.24 bits per heavy atom. The van der Waals surface area contributed by atoms with Gasteiger partial charge in [0.15, 0.2) is 12.2 Å². The number of aromatic nitrogens is 1. The first-order valence-electron chi connectivity index (χ1n) is 6.73. The second kappa shape index (κ2) is 4.14. The summed E-state index contributed by atoms with van der Waals surface area (Å²) in [5.41, 5.74) is 4.61. The summed E-state index contributed by atoms with van der Waals surface area (Å²) in [5.74, 6) is 0.682. The van der Waals surface area contributed by atoms with Gasteiger partial charge in [-0.25, -0.2) is 0 Å². The minimum atomic E-state index is 0.581. The second-order valence-electron chi connectivity index (χ2n) is 5.12. The van der Waals surface area contributed by atoms with Crippen LogP contribution in [-0.4, -0.2) is 0 Å². The molecule has 0 spiro atoms. The quantitative estimate of drug-likeness (QED) is 0.643. The number of fused-ring (bicyclic) bond motifs is 2. The molecule has 1 aliphatic carbocycles. The van der Waals surface area contributed by atoms with Gasteiger partial charge in [0.2, 0.25) is 5.69 Å². The van der Waals surface area contributed by atoms with Crippen molar-refractivity contribution in [2.75, 3.05) is 0 Å². The molecule has 1 nitrogen and oxygen atoms in total. The van der Waals surface area contributed by atoms with E-state index in [0.717, 1.165) is 0 Å². The van der Waals surface area contributed by atoms with Gasteiger partial charge in [-0.1, -0.05) is 19.1 Å². The van der Waals surface area contributed by atoms with Crippen LogP contribution in [0, 0.1) is 5.92 Å². The van der Waals surface area contributed by atoms with E-state index in [1.54, 1.807) is 11.1 Å². The maximum Gasteiger partial charge on any atom is 0.208 e. The fourth-order valence-corrected chi connectivity index (χ4v) is 3.39. The van der Waals surface area contributed by atoms with Crippen molar-refractivity contribution in [1.82, 2.24) is 0 Å². The van der Waals surface area contributed by atoms with E-state index < -0.39 is 0 Å². The molecule has 0 N–H and O–H groups in total. The van der Waals surface area contributed by atoms with Crippen molar-refractivity contribution in [1.29, 1.82) is 0 Å². The number of allylic oxidation sites excluding steroid dienone is 4. The monoisotopic (exact) mass is 226 g/mol.